The van der Waals surface area contributed by atoms with E-state index in [4.69, 9.17) is 0 Å². The molecule has 0 saturated carbocycles. The average molecular weight is 423 g/mol. The molecule has 6 heteroatoms. The summed E-state index contributed by atoms with van der Waals surface area (Å²) in [5, 5.41) is 2.85. The molecule has 30 heavy (non-hydrogen) atoms. The summed E-state index contributed by atoms with van der Waals surface area (Å²) >= 11 is 0. The quantitative estimate of drug-likeness (QED) is 0.612. The third kappa shape index (κ3) is 5.34. The summed E-state index contributed by atoms with van der Waals surface area (Å²) < 4.78 is 27.7. The molecule has 3 aromatic carbocycles. The number of hydrogen-bond acceptors (Lipinski definition) is 3. The molecule has 0 heterocycles. The molecule has 3 rings (SSSR count). The number of nitrogens with one attached hydrogen (secondary N) is 1. The van der Waals surface area contributed by atoms with E-state index in [2.05, 4.69) is 5.32 Å². The lowest BCUT2D eigenvalue weighted by Crippen LogP contribution is -2.37. The minimum Gasteiger partial charge on any atom is -0.325 e. The molecule has 0 aliphatic heterocycles. The van der Waals surface area contributed by atoms with Crippen LogP contribution < -0.4 is 5.32 Å². The van der Waals surface area contributed by atoms with Gasteiger partial charge in [-0.25, -0.2) is 8.42 Å². The number of benzene rings is 3. The van der Waals surface area contributed by atoms with E-state index in [0.717, 1.165) is 22.3 Å². The van der Waals surface area contributed by atoms with E-state index < -0.39 is 10.0 Å². The Kier molecular flexibility index (Phi) is 6.70. The second-order valence-corrected chi connectivity index (χ2v) is 9.38. The van der Waals surface area contributed by atoms with Gasteiger partial charge in [0.1, 0.15) is 0 Å². The summed E-state index contributed by atoms with van der Waals surface area (Å²) in [7, 11) is -3.84. The molecule has 1 N–H and O–H groups in total. The molecule has 0 radical (unpaired) electrons. The van der Waals surface area contributed by atoms with Crippen LogP contribution in [0.5, 0.6) is 0 Å². The maximum Gasteiger partial charge on any atom is 0.243 e. The number of amides is 1. The molecule has 0 fully saturated rings. The van der Waals surface area contributed by atoms with E-state index in [0.29, 0.717) is 5.69 Å². The number of sulfonamides is 1. The van der Waals surface area contributed by atoms with Crippen molar-refractivity contribution in [1.29, 1.82) is 0 Å². The number of aryl methyl sites for hydroxylation is 3. The Morgan fingerprint density at radius 1 is 0.867 bits per heavy atom. The topological polar surface area (TPSA) is 66.5 Å². The van der Waals surface area contributed by atoms with Crippen LogP contribution in [0.2, 0.25) is 0 Å². The van der Waals surface area contributed by atoms with Crippen molar-refractivity contribution in [2.24, 2.45) is 0 Å². The van der Waals surface area contributed by atoms with Crippen molar-refractivity contribution in [3.8, 4) is 0 Å². The first-order chi connectivity index (χ1) is 14.3. The molecular formula is C24H26N2O3S. The van der Waals surface area contributed by atoms with Gasteiger partial charge in [0.2, 0.25) is 15.9 Å². The first-order valence-electron chi connectivity index (χ1n) is 9.73. The van der Waals surface area contributed by atoms with Crippen molar-refractivity contribution in [2.75, 3.05) is 11.9 Å². The normalized spacial score (nSPS) is 11.5. The minimum absolute atomic E-state index is 0.109. The molecule has 5 nitrogen and oxygen atoms in total. The van der Waals surface area contributed by atoms with Crippen LogP contribution in [0.1, 0.15) is 22.3 Å². The zero-order valence-electron chi connectivity index (χ0n) is 17.4. The van der Waals surface area contributed by atoms with Crippen molar-refractivity contribution in [3.05, 3.63) is 95.1 Å². The fourth-order valence-electron chi connectivity index (χ4n) is 3.08. The van der Waals surface area contributed by atoms with Gasteiger partial charge in [-0.1, -0.05) is 60.2 Å². The predicted octanol–water partition coefficient (Wildman–Crippen LogP) is 4.44. The van der Waals surface area contributed by atoms with E-state index in [1.54, 1.807) is 30.3 Å². The maximum atomic E-state index is 13.3. The summed E-state index contributed by atoms with van der Waals surface area (Å²) in [6.07, 6.45) is 0. The Morgan fingerprint density at radius 3 is 2.17 bits per heavy atom. The highest BCUT2D eigenvalue weighted by atomic mass is 32.2. The molecule has 0 bridgehead atoms. The molecule has 0 aromatic heterocycles. The van der Waals surface area contributed by atoms with Crippen molar-refractivity contribution < 1.29 is 13.2 Å². The third-order valence-corrected chi connectivity index (χ3v) is 6.65. The Balaban J connectivity index is 1.87. The molecule has 0 aliphatic rings. The number of carbonyl (C=O) groups excluding carboxylic acids is 1. The summed E-state index contributed by atoms with van der Waals surface area (Å²) in [5.74, 6) is -0.379. The van der Waals surface area contributed by atoms with Gasteiger partial charge in [-0.3, -0.25) is 4.79 Å². The minimum atomic E-state index is -3.84. The Bertz CT molecular complexity index is 1120. The number of carbonyl (C=O) groups is 1. The van der Waals surface area contributed by atoms with Crippen LogP contribution in [0, 0.1) is 20.8 Å². The first-order valence-corrected chi connectivity index (χ1v) is 11.2. The van der Waals surface area contributed by atoms with Crippen LogP contribution >= 0.6 is 0 Å². The smallest absolute Gasteiger partial charge is 0.243 e. The Labute approximate surface area is 178 Å². The van der Waals surface area contributed by atoms with Crippen molar-refractivity contribution >= 4 is 21.6 Å². The Hall–Kier alpha value is -2.96. The second-order valence-electron chi connectivity index (χ2n) is 7.44. The van der Waals surface area contributed by atoms with E-state index >= 15 is 0 Å². The van der Waals surface area contributed by atoms with Crippen LogP contribution in [0.15, 0.2) is 77.7 Å². The van der Waals surface area contributed by atoms with E-state index in [9.17, 15) is 13.2 Å². The highest BCUT2D eigenvalue weighted by Gasteiger charge is 2.27. The SMILES string of the molecule is Cc1ccc(CN(CC(=O)Nc2cc(C)ccc2C)S(=O)(=O)c2ccccc2)cc1. The number of nitrogens with zero attached hydrogens (tertiary/aromatic N) is 1. The largest absolute Gasteiger partial charge is 0.325 e. The van der Waals surface area contributed by atoms with Crippen LogP contribution in [0.25, 0.3) is 0 Å². The lowest BCUT2D eigenvalue weighted by Gasteiger charge is -2.22. The van der Waals surface area contributed by atoms with Crippen LogP contribution in [-0.2, 0) is 21.4 Å². The van der Waals surface area contributed by atoms with Gasteiger partial charge in [0.15, 0.2) is 0 Å². The number of anilines is 1. The zero-order valence-corrected chi connectivity index (χ0v) is 18.2. The molecule has 0 atom stereocenters. The third-order valence-electron chi connectivity index (χ3n) is 4.85. The molecule has 0 spiro atoms. The highest BCUT2D eigenvalue weighted by molar-refractivity contribution is 7.89. The molecule has 156 valence electrons. The van der Waals surface area contributed by atoms with E-state index in [1.807, 2.05) is 63.2 Å². The molecule has 0 saturated heterocycles. The van der Waals surface area contributed by atoms with Crippen molar-refractivity contribution in [1.82, 2.24) is 4.31 Å². The van der Waals surface area contributed by atoms with Crippen LogP contribution in [-0.4, -0.2) is 25.2 Å². The van der Waals surface area contributed by atoms with Gasteiger partial charge >= 0.3 is 0 Å². The molecule has 0 aliphatic carbocycles. The molecule has 0 unspecified atom stereocenters. The monoisotopic (exact) mass is 422 g/mol. The molecule has 1 amide bonds. The lowest BCUT2D eigenvalue weighted by molar-refractivity contribution is -0.116. The summed E-state index contributed by atoms with van der Waals surface area (Å²) in [4.78, 5) is 13.0. The fraction of sp³-hybridized carbons (Fsp3) is 0.208. The summed E-state index contributed by atoms with van der Waals surface area (Å²) in [6, 6.07) is 21.6. The molecular weight excluding hydrogens is 396 g/mol. The fourth-order valence-corrected chi connectivity index (χ4v) is 4.49. The van der Waals surface area contributed by atoms with Gasteiger partial charge in [0.25, 0.3) is 0 Å². The number of rotatable bonds is 7. The summed E-state index contributed by atoms with van der Waals surface area (Å²) in [5.41, 5.74) is 4.53. The summed E-state index contributed by atoms with van der Waals surface area (Å²) in [6.45, 7) is 5.65. The van der Waals surface area contributed by atoms with E-state index in [-0.39, 0.29) is 23.9 Å². The van der Waals surface area contributed by atoms with E-state index in [1.165, 1.54) is 4.31 Å². The Morgan fingerprint density at radius 2 is 1.50 bits per heavy atom. The van der Waals surface area contributed by atoms with Gasteiger partial charge in [-0.2, -0.15) is 4.31 Å². The van der Waals surface area contributed by atoms with Crippen molar-refractivity contribution in [3.63, 3.8) is 0 Å². The zero-order chi connectivity index (χ0) is 21.7. The predicted molar refractivity (Wildman–Crippen MR) is 120 cm³/mol. The first kappa shape index (κ1) is 21.7. The van der Waals surface area contributed by atoms with Gasteiger partial charge in [-0.05, 0) is 55.7 Å². The van der Waals surface area contributed by atoms with Gasteiger partial charge < -0.3 is 5.32 Å². The standard InChI is InChI=1S/C24H26N2O3S/c1-18-10-13-21(14-11-18)16-26(30(28,29)22-7-5-4-6-8-22)17-24(27)25-23-15-19(2)9-12-20(23)3/h4-15H,16-17H2,1-3H3,(H,25,27). The van der Waals surface area contributed by atoms with Gasteiger partial charge in [0.05, 0.1) is 11.4 Å². The van der Waals surface area contributed by atoms with Crippen LogP contribution in [0.4, 0.5) is 5.69 Å². The molecule has 3 aromatic rings. The maximum absolute atomic E-state index is 13.3. The highest BCUT2D eigenvalue weighted by Crippen LogP contribution is 2.20. The van der Waals surface area contributed by atoms with Gasteiger partial charge in [-0.15, -0.1) is 0 Å². The van der Waals surface area contributed by atoms with Gasteiger partial charge in [0, 0.05) is 12.2 Å². The number of hydrogen-bond donors (Lipinski definition) is 1. The second kappa shape index (κ2) is 9.24. The van der Waals surface area contributed by atoms with Crippen molar-refractivity contribution in [2.45, 2.75) is 32.2 Å². The lowest BCUT2D eigenvalue weighted by atomic mass is 10.1. The average Bonchev–Trinajstić information content (AvgIpc) is 2.72. The van der Waals surface area contributed by atoms with Crippen LogP contribution in [0.3, 0.4) is 0 Å².